The van der Waals surface area contributed by atoms with Crippen LogP contribution in [0.1, 0.15) is 11.1 Å². The van der Waals surface area contributed by atoms with Crippen LogP contribution in [0.4, 0.5) is 13.2 Å². The summed E-state index contributed by atoms with van der Waals surface area (Å²) in [6.07, 6.45) is -4.67. The summed E-state index contributed by atoms with van der Waals surface area (Å²) in [5, 5.41) is 7.20. The van der Waals surface area contributed by atoms with Crippen LogP contribution in [0.15, 0.2) is 6.07 Å². The average molecular weight is 274 g/mol. The van der Waals surface area contributed by atoms with E-state index in [1.54, 1.807) is 0 Å². The second-order valence-electron chi connectivity index (χ2n) is 2.52. The zero-order valence-corrected chi connectivity index (χ0v) is 9.06. The maximum absolute atomic E-state index is 12.4. The Kier molecular flexibility index (Phi) is 3.39. The summed E-state index contributed by atoms with van der Waals surface area (Å²) in [5.74, 6) is 0. The van der Waals surface area contributed by atoms with Gasteiger partial charge in [-0.25, -0.2) is 0 Å². The van der Waals surface area contributed by atoms with Crippen LogP contribution < -0.4 is 0 Å². The highest BCUT2D eigenvalue weighted by Gasteiger charge is 2.35. The highest BCUT2D eigenvalue weighted by Crippen LogP contribution is 2.41. The average Bonchev–Trinajstić information content (AvgIpc) is 2.10. The molecule has 0 saturated carbocycles. The molecule has 0 fully saturated rings. The van der Waals surface area contributed by atoms with Gasteiger partial charge in [0.15, 0.2) is 0 Å². The molecule has 0 N–H and O–H groups in total. The largest absolute Gasteiger partial charge is 0.417 e. The van der Waals surface area contributed by atoms with Crippen molar-refractivity contribution in [2.24, 2.45) is 0 Å². The van der Waals surface area contributed by atoms with Crippen LogP contribution in [-0.4, -0.2) is 0 Å². The second-order valence-corrected chi connectivity index (χ2v) is 3.68. The van der Waals surface area contributed by atoms with Crippen LogP contribution in [0.2, 0.25) is 15.1 Å². The fraction of sp³-hybridized carbons (Fsp3) is 0.125. The highest BCUT2D eigenvalue weighted by molar-refractivity contribution is 6.44. The van der Waals surface area contributed by atoms with Crippen molar-refractivity contribution in [2.45, 2.75) is 6.18 Å². The number of halogens is 6. The maximum Gasteiger partial charge on any atom is 0.417 e. The van der Waals surface area contributed by atoms with Crippen molar-refractivity contribution in [3.63, 3.8) is 0 Å². The second kappa shape index (κ2) is 4.09. The van der Waals surface area contributed by atoms with Crippen molar-refractivity contribution >= 4 is 34.8 Å². The normalized spacial score (nSPS) is 11.3. The lowest BCUT2D eigenvalue weighted by Gasteiger charge is -2.11. The zero-order chi connectivity index (χ0) is 11.8. The Morgan fingerprint density at radius 1 is 1.13 bits per heavy atom. The van der Waals surface area contributed by atoms with Gasteiger partial charge in [-0.3, -0.25) is 0 Å². The van der Waals surface area contributed by atoms with Gasteiger partial charge < -0.3 is 0 Å². The Morgan fingerprint density at radius 3 is 2.07 bits per heavy atom. The third-order valence-corrected chi connectivity index (χ3v) is 2.75. The molecule has 15 heavy (non-hydrogen) atoms. The van der Waals surface area contributed by atoms with E-state index in [9.17, 15) is 13.2 Å². The summed E-state index contributed by atoms with van der Waals surface area (Å²) < 4.78 is 37.1. The monoisotopic (exact) mass is 273 g/mol. The number of nitrogens with zero attached hydrogens (tertiary/aromatic N) is 1. The van der Waals surface area contributed by atoms with E-state index in [2.05, 4.69) is 0 Å². The molecule has 0 aliphatic carbocycles. The van der Waals surface area contributed by atoms with Gasteiger partial charge in [-0.05, 0) is 6.07 Å². The lowest BCUT2D eigenvalue weighted by Crippen LogP contribution is -2.07. The number of hydrogen-bond donors (Lipinski definition) is 0. The van der Waals surface area contributed by atoms with Gasteiger partial charge in [-0.15, -0.1) is 0 Å². The van der Waals surface area contributed by atoms with Crippen LogP contribution in [-0.2, 0) is 6.18 Å². The Hall–Kier alpha value is -0.630. The van der Waals surface area contributed by atoms with E-state index in [0.717, 1.165) is 0 Å². The lowest BCUT2D eigenvalue weighted by molar-refractivity contribution is -0.137. The lowest BCUT2D eigenvalue weighted by atomic mass is 10.1. The molecule has 0 aromatic heterocycles. The first-order chi connectivity index (χ1) is 6.79. The van der Waals surface area contributed by atoms with Crippen LogP contribution in [0.3, 0.4) is 0 Å². The molecule has 1 rings (SSSR count). The van der Waals surface area contributed by atoms with E-state index >= 15 is 0 Å². The number of benzene rings is 1. The number of rotatable bonds is 0. The minimum Gasteiger partial charge on any atom is -0.192 e. The Bertz CT molecular complexity index is 448. The minimum absolute atomic E-state index is 0.280. The molecule has 0 heterocycles. The molecular formula is C8HCl3F3N. The summed E-state index contributed by atoms with van der Waals surface area (Å²) in [6, 6.07) is 2.06. The molecule has 0 radical (unpaired) electrons. The molecule has 80 valence electrons. The van der Waals surface area contributed by atoms with Crippen molar-refractivity contribution < 1.29 is 13.2 Å². The molecule has 0 saturated heterocycles. The van der Waals surface area contributed by atoms with Gasteiger partial charge in [0.05, 0.1) is 26.2 Å². The summed E-state index contributed by atoms with van der Waals surface area (Å²) in [7, 11) is 0. The van der Waals surface area contributed by atoms with Crippen LogP contribution >= 0.6 is 34.8 Å². The minimum atomic E-state index is -4.67. The van der Waals surface area contributed by atoms with Crippen molar-refractivity contribution in [2.75, 3.05) is 0 Å². The quantitative estimate of drug-likeness (QED) is 0.637. The first-order valence-corrected chi connectivity index (χ1v) is 4.57. The molecule has 0 aliphatic heterocycles. The van der Waals surface area contributed by atoms with E-state index in [-0.39, 0.29) is 10.0 Å². The maximum atomic E-state index is 12.4. The third kappa shape index (κ3) is 2.31. The van der Waals surface area contributed by atoms with Gasteiger partial charge in [-0.2, -0.15) is 18.4 Å². The summed E-state index contributed by atoms with van der Waals surface area (Å²) >= 11 is 16.3. The van der Waals surface area contributed by atoms with E-state index in [4.69, 9.17) is 40.1 Å². The van der Waals surface area contributed by atoms with Gasteiger partial charge in [0.1, 0.15) is 6.07 Å². The molecule has 0 amide bonds. The molecular weight excluding hydrogens is 273 g/mol. The van der Waals surface area contributed by atoms with Gasteiger partial charge in [0.2, 0.25) is 0 Å². The smallest absolute Gasteiger partial charge is 0.192 e. The topological polar surface area (TPSA) is 23.8 Å². The van der Waals surface area contributed by atoms with E-state index in [1.807, 2.05) is 0 Å². The van der Waals surface area contributed by atoms with Gasteiger partial charge >= 0.3 is 6.18 Å². The molecule has 1 nitrogen and oxygen atoms in total. The fourth-order valence-electron chi connectivity index (χ4n) is 0.908. The van der Waals surface area contributed by atoms with Crippen LogP contribution in [0.5, 0.6) is 0 Å². The Morgan fingerprint density at radius 2 is 1.67 bits per heavy atom. The van der Waals surface area contributed by atoms with Crippen molar-refractivity contribution in [1.29, 1.82) is 5.26 Å². The molecule has 7 heteroatoms. The summed E-state index contributed by atoms with van der Waals surface area (Å²) in [4.78, 5) is 0. The highest BCUT2D eigenvalue weighted by atomic mass is 35.5. The van der Waals surface area contributed by atoms with Crippen molar-refractivity contribution in [3.05, 3.63) is 32.3 Å². The predicted molar refractivity (Wildman–Crippen MR) is 51.2 cm³/mol. The number of hydrogen-bond acceptors (Lipinski definition) is 1. The predicted octanol–water partition coefficient (Wildman–Crippen LogP) is 4.54. The molecule has 0 atom stereocenters. The van der Waals surface area contributed by atoms with E-state index < -0.39 is 22.3 Å². The molecule has 1 aromatic rings. The standard InChI is InChI=1S/C8HCl3F3N/c9-5-1-4(8(12,13)14)6(10)3(2-15)7(5)11/h1H. The van der Waals surface area contributed by atoms with Gasteiger partial charge in [-0.1, -0.05) is 34.8 Å². The third-order valence-electron chi connectivity index (χ3n) is 1.57. The van der Waals surface area contributed by atoms with E-state index in [1.165, 1.54) is 6.07 Å². The van der Waals surface area contributed by atoms with Gasteiger partial charge in [0.25, 0.3) is 0 Å². The van der Waals surface area contributed by atoms with E-state index in [0.29, 0.717) is 6.07 Å². The van der Waals surface area contributed by atoms with Crippen LogP contribution in [0, 0.1) is 11.3 Å². The molecule has 0 unspecified atom stereocenters. The SMILES string of the molecule is N#Cc1c(Cl)c(Cl)cc(C(F)(F)F)c1Cl. The Labute approximate surface area is 98.0 Å². The number of nitriles is 1. The van der Waals surface area contributed by atoms with Crippen LogP contribution in [0.25, 0.3) is 0 Å². The fourth-order valence-corrected chi connectivity index (χ4v) is 1.65. The molecule has 0 spiro atoms. The summed E-state index contributed by atoms with van der Waals surface area (Å²) in [6.45, 7) is 0. The van der Waals surface area contributed by atoms with Crippen molar-refractivity contribution in [3.8, 4) is 6.07 Å². The first-order valence-electron chi connectivity index (χ1n) is 3.43. The molecule has 0 bridgehead atoms. The van der Waals surface area contributed by atoms with Gasteiger partial charge in [0, 0.05) is 0 Å². The number of alkyl halides is 3. The first kappa shape index (κ1) is 12.4. The van der Waals surface area contributed by atoms with Crippen molar-refractivity contribution in [1.82, 2.24) is 0 Å². The summed E-state index contributed by atoms with van der Waals surface area (Å²) in [5.41, 5.74) is -1.65. The molecule has 1 aromatic carbocycles. The Balaban J connectivity index is 3.60. The molecule has 0 aliphatic rings. The zero-order valence-electron chi connectivity index (χ0n) is 6.79.